The summed E-state index contributed by atoms with van der Waals surface area (Å²) in [6, 6.07) is 7.72. The number of alkyl carbamates (subject to hydrolysis) is 1. The Morgan fingerprint density at radius 2 is 1.54 bits per heavy atom. The molecule has 1 aromatic heterocycles. The summed E-state index contributed by atoms with van der Waals surface area (Å²) in [5, 5.41) is 3.33. The van der Waals surface area contributed by atoms with Crippen LogP contribution in [0.5, 0.6) is 0 Å². The highest BCUT2D eigenvalue weighted by Gasteiger charge is 2.35. The maximum absolute atomic E-state index is 14.9. The number of amides is 2. The van der Waals surface area contributed by atoms with E-state index in [0.29, 0.717) is 0 Å². The summed E-state index contributed by atoms with van der Waals surface area (Å²) >= 11 is 0. The molecule has 39 heavy (non-hydrogen) atoms. The normalized spacial score (nSPS) is 12.5. The van der Waals surface area contributed by atoms with Crippen LogP contribution in [0.1, 0.15) is 53.2 Å². The molecule has 0 aliphatic rings. The van der Waals surface area contributed by atoms with E-state index in [4.69, 9.17) is 4.74 Å². The number of aromatic nitrogens is 1. The Labute approximate surface area is 224 Å². The summed E-state index contributed by atoms with van der Waals surface area (Å²) < 4.78 is 74.8. The van der Waals surface area contributed by atoms with Crippen molar-refractivity contribution in [3.05, 3.63) is 94.6 Å². The quantitative estimate of drug-likeness (QED) is 0.305. The fourth-order valence-electron chi connectivity index (χ4n) is 3.69. The van der Waals surface area contributed by atoms with Crippen LogP contribution < -0.4 is 10.6 Å². The number of nitrogens with one attached hydrogen (secondary N) is 2. The number of carbonyl (C=O) groups excluding carboxylic acids is 2. The first-order valence-corrected chi connectivity index (χ1v) is 13.4. The molecule has 0 aliphatic heterocycles. The van der Waals surface area contributed by atoms with E-state index in [1.54, 1.807) is 20.8 Å². The van der Waals surface area contributed by atoms with Crippen molar-refractivity contribution in [3.8, 4) is 0 Å². The van der Waals surface area contributed by atoms with Crippen LogP contribution in [0.3, 0.4) is 0 Å². The van der Waals surface area contributed by atoms with Gasteiger partial charge in [-0.1, -0.05) is 0 Å². The van der Waals surface area contributed by atoms with Crippen molar-refractivity contribution in [2.24, 2.45) is 0 Å². The second-order valence-electron chi connectivity index (χ2n) is 9.66. The van der Waals surface area contributed by atoms with Crippen molar-refractivity contribution in [1.29, 1.82) is 0 Å². The number of hydrogen-bond acceptors (Lipinski definition) is 6. The smallest absolute Gasteiger partial charge is 0.407 e. The predicted molar refractivity (Wildman–Crippen MR) is 137 cm³/mol. The number of carbonyl (C=O) groups is 2. The maximum Gasteiger partial charge on any atom is 0.407 e. The van der Waals surface area contributed by atoms with E-state index < -0.39 is 55.7 Å². The molecule has 3 rings (SSSR count). The lowest BCUT2D eigenvalue weighted by Crippen LogP contribution is -2.38. The van der Waals surface area contributed by atoms with Gasteiger partial charge >= 0.3 is 6.09 Å². The molecule has 0 aliphatic carbocycles. The summed E-state index contributed by atoms with van der Waals surface area (Å²) in [6.07, 6.45) is 0.465. The molecule has 0 radical (unpaired) electrons. The van der Waals surface area contributed by atoms with E-state index >= 15 is 0 Å². The highest BCUT2D eigenvalue weighted by Crippen LogP contribution is 2.38. The number of pyridine rings is 1. The Hall–Kier alpha value is -3.93. The van der Waals surface area contributed by atoms with Gasteiger partial charge in [0, 0.05) is 24.8 Å². The molecular formula is C27H28F3N3O5S. The number of rotatable bonds is 8. The minimum atomic E-state index is -4.42. The highest BCUT2D eigenvalue weighted by molar-refractivity contribution is 7.92. The molecule has 3 aromatic rings. The summed E-state index contributed by atoms with van der Waals surface area (Å²) in [6.45, 7) is 6.77. The van der Waals surface area contributed by atoms with Gasteiger partial charge in [-0.3, -0.25) is 9.78 Å². The zero-order chi connectivity index (χ0) is 29.0. The van der Waals surface area contributed by atoms with E-state index in [1.165, 1.54) is 13.0 Å². The van der Waals surface area contributed by atoms with Gasteiger partial charge in [0.05, 0.1) is 4.90 Å². The predicted octanol–water partition coefficient (Wildman–Crippen LogP) is 4.63. The summed E-state index contributed by atoms with van der Waals surface area (Å²) in [7, 11) is -4.42. The SMILES string of the molecule is Cc1cc(C(=O)NCCNC(=O)OC(C)(C)C)ncc1C(c1cc(F)ccc1F)S(=O)(=O)c1ccc(F)cc1. The van der Waals surface area contributed by atoms with E-state index in [9.17, 15) is 31.2 Å². The molecule has 8 nitrogen and oxygen atoms in total. The van der Waals surface area contributed by atoms with E-state index in [2.05, 4.69) is 15.6 Å². The molecule has 0 fully saturated rings. The largest absolute Gasteiger partial charge is 0.444 e. The van der Waals surface area contributed by atoms with E-state index in [0.717, 1.165) is 48.7 Å². The van der Waals surface area contributed by atoms with Gasteiger partial charge in [-0.25, -0.2) is 26.4 Å². The van der Waals surface area contributed by atoms with Crippen LogP contribution in [0.25, 0.3) is 0 Å². The van der Waals surface area contributed by atoms with Crippen LogP contribution in [-0.4, -0.2) is 44.1 Å². The molecule has 2 N–H and O–H groups in total. The van der Waals surface area contributed by atoms with Crippen LogP contribution in [0.4, 0.5) is 18.0 Å². The standard InChI is InChI=1S/C27H28F3N3O5S/c1-16-13-23(25(34)31-11-12-32-26(35)38-27(2,3)4)33-15-21(16)24(20-14-18(29)7-10-22(20)30)39(36,37)19-8-5-17(28)6-9-19/h5-10,13-15,24H,11-12H2,1-4H3,(H,31,34)(H,32,35). The zero-order valence-electron chi connectivity index (χ0n) is 21.7. The van der Waals surface area contributed by atoms with Crippen LogP contribution in [-0.2, 0) is 14.6 Å². The van der Waals surface area contributed by atoms with Gasteiger partial charge in [-0.2, -0.15) is 0 Å². The summed E-state index contributed by atoms with van der Waals surface area (Å²) in [5.41, 5.74) is -0.929. The average molecular weight is 564 g/mol. The number of ether oxygens (including phenoxy) is 1. The van der Waals surface area contributed by atoms with E-state index in [-0.39, 0.29) is 34.8 Å². The molecule has 0 spiro atoms. The number of halogens is 3. The minimum Gasteiger partial charge on any atom is -0.444 e. The lowest BCUT2D eigenvalue weighted by Gasteiger charge is -2.21. The van der Waals surface area contributed by atoms with Gasteiger partial charge < -0.3 is 15.4 Å². The van der Waals surface area contributed by atoms with Crippen LogP contribution in [0.2, 0.25) is 0 Å². The Morgan fingerprint density at radius 1 is 0.923 bits per heavy atom. The highest BCUT2D eigenvalue weighted by atomic mass is 32.2. The lowest BCUT2D eigenvalue weighted by molar-refractivity contribution is 0.0526. The first-order valence-electron chi connectivity index (χ1n) is 11.8. The Kier molecular flexibility index (Phi) is 9.00. The van der Waals surface area contributed by atoms with Crippen LogP contribution >= 0.6 is 0 Å². The van der Waals surface area contributed by atoms with Gasteiger partial charge in [-0.05, 0) is 87.4 Å². The van der Waals surface area contributed by atoms with Crippen molar-refractivity contribution in [2.45, 2.75) is 43.4 Å². The van der Waals surface area contributed by atoms with Crippen molar-refractivity contribution in [1.82, 2.24) is 15.6 Å². The first-order chi connectivity index (χ1) is 18.2. The van der Waals surface area contributed by atoms with Gasteiger partial charge in [0.25, 0.3) is 5.91 Å². The molecule has 0 saturated heterocycles. The molecule has 208 valence electrons. The number of benzene rings is 2. The average Bonchev–Trinajstić information content (AvgIpc) is 2.84. The molecule has 2 amide bonds. The first kappa shape index (κ1) is 29.6. The second kappa shape index (κ2) is 11.9. The van der Waals surface area contributed by atoms with Crippen molar-refractivity contribution < 1.29 is 35.9 Å². The van der Waals surface area contributed by atoms with Crippen LogP contribution in [0, 0.1) is 24.4 Å². The Bertz CT molecular complexity index is 1470. The number of hydrogen-bond donors (Lipinski definition) is 2. The minimum absolute atomic E-state index is 0.00645. The zero-order valence-corrected chi connectivity index (χ0v) is 22.5. The van der Waals surface area contributed by atoms with Crippen molar-refractivity contribution >= 4 is 21.8 Å². The Balaban J connectivity index is 1.88. The molecule has 1 heterocycles. The summed E-state index contributed by atoms with van der Waals surface area (Å²) in [4.78, 5) is 28.0. The molecule has 0 bridgehead atoms. The van der Waals surface area contributed by atoms with Gasteiger partial charge in [0.15, 0.2) is 9.84 Å². The fourth-order valence-corrected chi connectivity index (χ4v) is 5.57. The van der Waals surface area contributed by atoms with Crippen molar-refractivity contribution in [3.63, 3.8) is 0 Å². The molecule has 0 saturated carbocycles. The molecule has 1 atom stereocenters. The monoisotopic (exact) mass is 563 g/mol. The third kappa shape index (κ3) is 7.56. The maximum atomic E-state index is 14.9. The number of sulfone groups is 1. The van der Waals surface area contributed by atoms with Gasteiger partial charge in [0.1, 0.15) is 34.0 Å². The van der Waals surface area contributed by atoms with Crippen LogP contribution in [0.15, 0.2) is 59.6 Å². The fraction of sp³-hybridized carbons (Fsp3) is 0.296. The summed E-state index contributed by atoms with van der Waals surface area (Å²) in [5.74, 6) is -3.10. The number of nitrogens with zero attached hydrogens (tertiary/aromatic N) is 1. The van der Waals surface area contributed by atoms with E-state index in [1.807, 2.05) is 0 Å². The third-order valence-corrected chi connectivity index (χ3v) is 7.50. The number of aryl methyl sites for hydroxylation is 1. The lowest BCUT2D eigenvalue weighted by atomic mass is 10.0. The van der Waals surface area contributed by atoms with Gasteiger partial charge in [-0.15, -0.1) is 0 Å². The molecule has 2 aromatic carbocycles. The second-order valence-corrected chi connectivity index (χ2v) is 11.7. The van der Waals surface area contributed by atoms with Crippen molar-refractivity contribution in [2.75, 3.05) is 13.1 Å². The topological polar surface area (TPSA) is 114 Å². The molecular weight excluding hydrogens is 535 g/mol. The molecule has 12 heteroatoms. The Morgan fingerprint density at radius 3 is 2.15 bits per heavy atom. The molecule has 1 unspecified atom stereocenters. The van der Waals surface area contributed by atoms with Gasteiger partial charge in [0.2, 0.25) is 0 Å². The third-order valence-electron chi connectivity index (χ3n) is 5.44.